The summed E-state index contributed by atoms with van der Waals surface area (Å²) in [5.41, 5.74) is 5.32. The van der Waals surface area contributed by atoms with Gasteiger partial charge in [0.15, 0.2) is 0 Å². The summed E-state index contributed by atoms with van der Waals surface area (Å²) in [6, 6.07) is 0.362. The molecule has 1 unspecified atom stereocenters. The highest BCUT2D eigenvalue weighted by Gasteiger charge is 2.19. The maximum absolute atomic E-state index is 5.32. The van der Waals surface area contributed by atoms with Crippen molar-refractivity contribution in [1.29, 1.82) is 0 Å². The lowest BCUT2D eigenvalue weighted by Gasteiger charge is -2.19. The van der Waals surface area contributed by atoms with Crippen LogP contribution in [0.5, 0.6) is 0 Å². The minimum Gasteiger partial charge on any atom is -0.407 e. The third-order valence-corrected chi connectivity index (χ3v) is 2.06. The van der Waals surface area contributed by atoms with Gasteiger partial charge in [-0.25, -0.2) is 0 Å². The van der Waals surface area contributed by atoms with Gasteiger partial charge in [-0.3, -0.25) is 0 Å². The van der Waals surface area contributed by atoms with E-state index in [9.17, 15) is 0 Å². The molecule has 0 saturated carbocycles. The minimum atomic E-state index is 0.150. The number of hydrogen-bond donors (Lipinski definition) is 2. The first-order valence-electron chi connectivity index (χ1n) is 4.18. The maximum Gasteiger partial charge on any atom is 0.312 e. The molecule has 0 aromatic carbocycles. The fraction of sp³-hybridized carbons (Fsp3) is 0.714. The van der Waals surface area contributed by atoms with Gasteiger partial charge >= 0.3 is 6.01 Å². The van der Waals surface area contributed by atoms with Gasteiger partial charge in [0, 0.05) is 0 Å². The van der Waals surface area contributed by atoms with Crippen LogP contribution in [0, 0.1) is 0 Å². The Kier molecular flexibility index (Phi) is 1.95. The second kappa shape index (κ2) is 3.10. The molecular formula is C7H12N4O. The van der Waals surface area contributed by atoms with E-state index in [0.29, 0.717) is 5.89 Å². The van der Waals surface area contributed by atoms with E-state index in [1.54, 1.807) is 0 Å². The number of hydrogen-bond acceptors (Lipinski definition) is 5. The number of aromatic nitrogens is 2. The molecule has 66 valence electrons. The molecule has 3 N–H and O–H groups in total. The topological polar surface area (TPSA) is 77.0 Å². The van der Waals surface area contributed by atoms with E-state index >= 15 is 0 Å². The van der Waals surface area contributed by atoms with Crippen LogP contribution in [-0.2, 0) is 0 Å². The molecule has 1 aliphatic rings. The van der Waals surface area contributed by atoms with Crippen LogP contribution in [0.25, 0.3) is 0 Å². The van der Waals surface area contributed by atoms with Gasteiger partial charge in [0.2, 0.25) is 5.89 Å². The van der Waals surface area contributed by atoms with Crippen LogP contribution in [0.15, 0.2) is 4.42 Å². The van der Waals surface area contributed by atoms with Crippen LogP contribution in [-0.4, -0.2) is 16.7 Å². The fourth-order valence-corrected chi connectivity index (χ4v) is 1.45. The highest BCUT2D eigenvalue weighted by Crippen LogP contribution is 2.21. The lowest BCUT2D eigenvalue weighted by molar-refractivity contribution is 0.343. The number of nitrogens with two attached hydrogens (primary N) is 1. The zero-order valence-electron chi connectivity index (χ0n) is 6.79. The first-order chi connectivity index (χ1) is 5.86. The lowest BCUT2D eigenvalue weighted by atomic mass is 10.1. The van der Waals surface area contributed by atoms with E-state index in [2.05, 4.69) is 15.5 Å². The van der Waals surface area contributed by atoms with Gasteiger partial charge in [-0.1, -0.05) is 11.5 Å². The number of anilines is 1. The highest BCUT2D eigenvalue weighted by atomic mass is 16.4. The predicted octanol–water partition coefficient (Wildman–Crippen LogP) is 0.466. The molecule has 1 saturated heterocycles. The lowest BCUT2D eigenvalue weighted by Crippen LogP contribution is -2.26. The van der Waals surface area contributed by atoms with Crippen LogP contribution < -0.4 is 11.1 Å². The zero-order chi connectivity index (χ0) is 8.39. The van der Waals surface area contributed by atoms with Crippen LogP contribution in [0.4, 0.5) is 6.01 Å². The Labute approximate surface area is 70.3 Å². The number of piperidine rings is 1. The number of rotatable bonds is 1. The van der Waals surface area contributed by atoms with E-state index < -0.39 is 0 Å². The third-order valence-electron chi connectivity index (χ3n) is 2.06. The molecule has 1 aliphatic heterocycles. The Hall–Kier alpha value is -1.10. The van der Waals surface area contributed by atoms with E-state index in [1.165, 1.54) is 12.8 Å². The maximum atomic E-state index is 5.32. The van der Waals surface area contributed by atoms with E-state index in [4.69, 9.17) is 10.2 Å². The molecule has 5 heteroatoms. The molecule has 1 atom stereocenters. The van der Waals surface area contributed by atoms with Gasteiger partial charge in [0.05, 0.1) is 6.04 Å². The van der Waals surface area contributed by atoms with Gasteiger partial charge in [-0.2, -0.15) is 0 Å². The van der Waals surface area contributed by atoms with Crippen LogP contribution >= 0.6 is 0 Å². The van der Waals surface area contributed by atoms with Crippen molar-refractivity contribution < 1.29 is 4.42 Å². The van der Waals surface area contributed by atoms with Gasteiger partial charge in [0.25, 0.3) is 0 Å². The van der Waals surface area contributed by atoms with Gasteiger partial charge in [0.1, 0.15) is 0 Å². The Morgan fingerprint density at radius 1 is 1.42 bits per heavy atom. The highest BCUT2D eigenvalue weighted by molar-refractivity contribution is 5.06. The Morgan fingerprint density at radius 2 is 2.33 bits per heavy atom. The first-order valence-corrected chi connectivity index (χ1v) is 4.18. The molecule has 0 radical (unpaired) electrons. The molecule has 0 spiro atoms. The molecule has 0 bridgehead atoms. The molecule has 12 heavy (non-hydrogen) atoms. The number of nitrogens with one attached hydrogen (secondary N) is 1. The monoisotopic (exact) mass is 168 g/mol. The molecule has 1 aromatic heterocycles. The van der Waals surface area contributed by atoms with Crippen molar-refractivity contribution in [1.82, 2.24) is 15.5 Å². The summed E-state index contributed by atoms with van der Waals surface area (Å²) < 4.78 is 5.12. The average molecular weight is 168 g/mol. The van der Waals surface area contributed by atoms with Crippen molar-refractivity contribution >= 4 is 6.01 Å². The van der Waals surface area contributed by atoms with Crippen LogP contribution in [0.2, 0.25) is 0 Å². The summed E-state index contributed by atoms with van der Waals surface area (Å²) in [6.07, 6.45) is 3.49. The van der Waals surface area contributed by atoms with Crippen molar-refractivity contribution in [2.75, 3.05) is 12.3 Å². The molecule has 0 aliphatic carbocycles. The Bertz CT molecular complexity index is 254. The van der Waals surface area contributed by atoms with Gasteiger partial charge in [-0.05, 0) is 19.4 Å². The summed E-state index contributed by atoms with van der Waals surface area (Å²) >= 11 is 0. The summed E-state index contributed by atoms with van der Waals surface area (Å²) in [5.74, 6) is 0.618. The van der Waals surface area contributed by atoms with Crippen molar-refractivity contribution in [3.8, 4) is 0 Å². The normalized spacial score (nSPS) is 24.2. The van der Waals surface area contributed by atoms with Crippen molar-refractivity contribution in [2.24, 2.45) is 0 Å². The van der Waals surface area contributed by atoms with Crippen molar-refractivity contribution in [3.63, 3.8) is 0 Å². The smallest absolute Gasteiger partial charge is 0.312 e. The predicted molar refractivity (Wildman–Crippen MR) is 43.3 cm³/mol. The zero-order valence-corrected chi connectivity index (χ0v) is 6.79. The first kappa shape index (κ1) is 7.54. The van der Waals surface area contributed by atoms with E-state index in [-0.39, 0.29) is 12.1 Å². The number of nitrogens with zero attached hydrogens (tertiary/aromatic N) is 2. The second-order valence-corrected chi connectivity index (χ2v) is 2.98. The summed E-state index contributed by atoms with van der Waals surface area (Å²) in [5, 5.41) is 10.7. The summed E-state index contributed by atoms with van der Waals surface area (Å²) in [7, 11) is 0. The van der Waals surface area contributed by atoms with Crippen LogP contribution in [0.3, 0.4) is 0 Å². The second-order valence-electron chi connectivity index (χ2n) is 2.98. The summed E-state index contributed by atoms with van der Waals surface area (Å²) in [6.45, 7) is 1.02. The van der Waals surface area contributed by atoms with E-state index in [0.717, 1.165) is 13.0 Å². The van der Waals surface area contributed by atoms with Gasteiger partial charge < -0.3 is 15.5 Å². The molecule has 2 heterocycles. The number of nitrogen functional groups attached to an aromatic ring is 1. The summed E-state index contributed by atoms with van der Waals surface area (Å²) in [4.78, 5) is 0. The van der Waals surface area contributed by atoms with Gasteiger partial charge in [-0.15, -0.1) is 5.10 Å². The fourth-order valence-electron chi connectivity index (χ4n) is 1.45. The SMILES string of the molecule is Nc1nnc(C2CCCCN2)o1. The molecular weight excluding hydrogens is 156 g/mol. The average Bonchev–Trinajstić information content (AvgIpc) is 2.54. The molecule has 2 rings (SSSR count). The van der Waals surface area contributed by atoms with E-state index in [1.807, 2.05) is 0 Å². The third kappa shape index (κ3) is 1.40. The Balaban J connectivity index is 2.08. The molecule has 1 fully saturated rings. The van der Waals surface area contributed by atoms with Crippen molar-refractivity contribution in [3.05, 3.63) is 5.89 Å². The molecule has 5 nitrogen and oxygen atoms in total. The van der Waals surface area contributed by atoms with Crippen molar-refractivity contribution in [2.45, 2.75) is 25.3 Å². The van der Waals surface area contributed by atoms with Crippen LogP contribution in [0.1, 0.15) is 31.2 Å². The largest absolute Gasteiger partial charge is 0.407 e. The minimum absolute atomic E-state index is 0.150. The molecule has 0 amide bonds. The molecule has 1 aromatic rings. The Morgan fingerprint density at radius 3 is 2.92 bits per heavy atom. The standard InChI is InChI=1S/C7H12N4O/c8-7-11-10-6(12-7)5-3-1-2-4-9-5/h5,9H,1-4H2,(H2,8,11). The quantitative estimate of drug-likeness (QED) is 0.637.